The summed E-state index contributed by atoms with van der Waals surface area (Å²) in [6.45, 7) is 4.38. The molecule has 0 aliphatic rings. The molecule has 1 unspecified atom stereocenters. The van der Waals surface area contributed by atoms with Crippen molar-refractivity contribution in [3.05, 3.63) is 35.4 Å². The van der Waals surface area contributed by atoms with Crippen LogP contribution in [0.4, 0.5) is 0 Å². The Bertz CT molecular complexity index is 483. The van der Waals surface area contributed by atoms with E-state index in [0.29, 0.717) is 13.0 Å². The average Bonchev–Trinajstić information content (AvgIpc) is 2.52. The molecule has 1 aromatic carbocycles. The number of carbonyl (C=O) groups excluding carboxylic acids is 2. The van der Waals surface area contributed by atoms with Crippen molar-refractivity contribution in [2.75, 3.05) is 13.6 Å². The highest BCUT2D eigenvalue weighted by atomic mass is 16.1. The molecular formula is C19H30N2O2. The van der Waals surface area contributed by atoms with Crippen molar-refractivity contribution in [1.29, 1.82) is 0 Å². The molecule has 23 heavy (non-hydrogen) atoms. The van der Waals surface area contributed by atoms with Gasteiger partial charge in [0.05, 0.1) is 6.04 Å². The van der Waals surface area contributed by atoms with E-state index in [1.54, 1.807) is 6.92 Å². The van der Waals surface area contributed by atoms with Crippen LogP contribution in [0.3, 0.4) is 0 Å². The number of rotatable bonds is 11. The fourth-order valence-corrected chi connectivity index (χ4v) is 2.55. The zero-order chi connectivity index (χ0) is 17.1. The Morgan fingerprint density at radius 2 is 1.78 bits per heavy atom. The lowest BCUT2D eigenvalue weighted by atomic mass is 10.1. The first-order chi connectivity index (χ1) is 11.0. The second kappa shape index (κ2) is 10.9. The van der Waals surface area contributed by atoms with E-state index in [-0.39, 0.29) is 17.7 Å². The van der Waals surface area contributed by atoms with E-state index in [2.05, 4.69) is 41.8 Å². The molecule has 0 aliphatic heterocycles. The van der Waals surface area contributed by atoms with Gasteiger partial charge >= 0.3 is 0 Å². The van der Waals surface area contributed by atoms with Crippen LogP contribution in [0.25, 0.3) is 0 Å². The summed E-state index contributed by atoms with van der Waals surface area (Å²) in [5.41, 5.74) is 2.54. The minimum atomic E-state index is -0.0554. The molecule has 0 fully saturated rings. The zero-order valence-electron chi connectivity index (χ0n) is 14.7. The molecule has 0 heterocycles. The Balaban J connectivity index is 2.06. The quantitative estimate of drug-likeness (QED) is 0.617. The molecule has 0 aromatic heterocycles. The van der Waals surface area contributed by atoms with Crippen LogP contribution in [0, 0.1) is 6.92 Å². The lowest BCUT2D eigenvalue weighted by molar-refractivity contribution is -0.121. The molecule has 1 rings (SSSR count). The van der Waals surface area contributed by atoms with E-state index in [9.17, 15) is 9.59 Å². The SMILES string of the molecule is CNC(CCCCNC(=O)CCCc1ccc(C)cc1)C(C)=O. The number of nitrogens with one attached hydrogen (secondary N) is 2. The molecule has 128 valence electrons. The number of likely N-dealkylation sites (N-methyl/N-ethyl adjacent to an activating group) is 1. The van der Waals surface area contributed by atoms with Gasteiger partial charge in [0.15, 0.2) is 0 Å². The third-order valence-corrected chi connectivity index (χ3v) is 4.07. The highest BCUT2D eigenvalue weighted by Crippen LogP contribution is 2.07. The minimum absolute atomic E-state index is 0.0554. The first-order valence-electron chi connectivity index (χ1n) is 8.53. The van der Waals surface area contributed by atoms with Gasteiger partial charge < -0.3 is 10.6 Å². The van der Waals surface area contributed by atoms with E-state index in [1.807, 2.05) is 7.05 Å². The van der Waals surface area contributed by atoms with Crippen LogP contribution in [-0.4, -0.2) is 31.3 Å². The monoisotopic (exact) mass is 318 g/mol. The van der Waals surface area contributed by atoms with Crippen LogP contribution >= 0.6 is 0 Å². The number of Topliss-reactive ketones (excluding diaryl/α,β-unsaturated/α-hetero) is 1. The summed E-state index contributed by atoms with van der Waals surface area (Å²) in [6, 6.07) is 8.41. The largest absolute Gasteiger partial charge is 0.356 e. The molecule has 0 saturated heterocycles. The van der Waals surface area contributed by atoms with Gasteiger partial charge in [0.25, 0.3) is 0 Å². The summed E-state index contributed by atoms with van der Waals surface area (Å²) in [7, 11) is 1.81. The van der Waals surface area contributed by atoms with Crippen molar-refractivity contribution in [2.24, 2.45) is 0 Å². The fourth-order valence-electron chi connectivity index (χ4n) is 2.55. The third kappa shape index (κ3) is 8.50. The summed E-state index contributed by atoms with van der Waals surface area (Å²) in [5.74, 6) is 0.293. The average molecular weight is 318 g/mol. The molecule has 0 spiro atoms. The van der Waals surface area contributed by atoms with Gasteiger partial charge in [-0.15, -0.1) is 0 Å². The summed E-state index contributed by atoms with van der Waals surface area (Å²) >= 11 is 0. The van der Waals surface area contributed by atoms with Crippen LogP contribution < -0.4 is 10.6 Å². The number of amides is 1. The maximum Gasteiger partial charge on any atom is 0.220 e. The highest BCUT2D eigenvalue weighted by molar-refractivity contribution is 5.81. The van der Waals surface area contributed by atoms with Crippen molar-refractivity contribution in [3.63, 3.8) is 0 Å². The molecule has 0 bridgehead atoms. The first kappa shape index (κ1) is 19.4. The van der Waals surface area contributed by atoms with Gasteiger partial charge in [-0.05, 0) is 58.6 Å². The van der Waals surface area contributed by atoms with Crippen LogP contribution in [0.1, 0.15) is 50.2 Å². The van der Waals surface area contributed by atoms with Gasteiger partial charge in [0.1, 0.15) is 5.78 Å². The van der Waals surface area contributed by atoms with Crippen LogP contribution in [0.2, 0.25) is 0 Å². The molecule has 1 amide bonds. The van der Waals surface area contributed by atoms with Crippen LogP contribution in [-0.2, 0) is 16.0 Å². The van der Waals surface area contributed by atoms with Crippen molar-refractivity contribution in [2.45, 2.75) is 58.4 Å². The number of hydrogen-bond donors (Lipinski definition) is 2. The zero-order valence-corrected chi connectivity index (χ0v) is 14.7. The van der Waals surface area contributed by atoms with Gasteiger partial charge in [-0.3, -0.25) is 9.59 Å². The second-order valence-electron chi connectivity index (χ2n) is 6.14. The molecule has 0 radical (unpaired) electrons. The highest BCUT2D eigenvalue weighted by Gasteiger charge is 2.10. The normalized spacial score (nSPS) is 12.0. The third-order valence-electron chi connectivity index (χ3n) is 4.07. The van der Waals surface area contributed by atoms with Crippen LogP contribution in [0.15, 0.2) is 24.3 Å². The van der Waals surface area contributed by atoms with Crippen molar-refractivity contribution in [1.82, 2.24) is 10.6 Å². The Hall–Kier alpha value is -1.68. The molecular weight excluding hydrogens is 288 g/mol. The Morgan fingerprint density at radius 1 is 1.09 bits per heavy atom. The fraction of sp³-hybridized carbons (Fsp3) is 0.579. The van der Waals surface area contributed by atoms with E-state index in [0.717, 1.165) is 32.1 Å². The molecule has 0 saturated carbocycles. The molecule has 1 atom stereocenters. The van der Waals surface area contributed by atoms with Gasteiger partial charge in [-0.2, -0.15) is 0 Å². The number of hydrogen-bond acceptors (Lipinski definition) is 3. The molecule has 1 aromatic rings. The summed E-state index contributed by atoms with van der Waals surface area (Å²) < 4.78 is 0. The van der Waals surface area contributed by atoms with E-state index in [1.165, 1.54) is 11.1 Å². The van der Waals surface area contributed by atoms with E-state index < -0.39 is 0 Å². The van der Waals surface area contributed by atoms with Crippen molar-refractivity contribution >= 4 is 11.7 Å². The number of carbonyl (C=O) groups is 2. The number of benzene rings is 1. The summed E-state index contributed by atoms with van der Waals surface area (Å²) in [5, 5.41) is 5.97. The maximum atomic E-state index is 11.8. The molecule has 4 heteroatoms. The summed E-state index contributed by atoms with van der Waals surface area (Å²) in [6.07, 6.45) is 5.07. The topological polar surface area (TPSA) is 58.2 Å². The van der Waals surface area contributed by atoms with Crippen LogP contribution in [0.5, 0.6) is 0 Å². The molecule has 4 nitrogen and oxygen atoms in total. The Labute approximate surface area is 140 Å². The number of unbranched alkanes of at least 4 members (excludes halogenated alkanes) is 1. The molecule has 2 N–H and O–H groups in total. The predicted molar refractivity (Wildman–Crippen MR) is 94.5 cm³/mol. The smallest absolute Gasteiger partial charge is 0.220 e. The minimum Gasteiger partial charge on any atom is -0.356 e. The number of ketones is 1. The lowest BCUT2D eigenvalue weighted by Gasteiger charge is -2.12. The maximum absolute atomic E-state index is 11.8. The van der Waals surface area contributed by atoms with Crippen molar-refractivity contribution < 1.29 is 9.59 Å². The standard InChI is InChI=1S/C19H30N2O2/c1-15-10-12-17(13-11-15)7-6-9-19(23)21-14-5-4-8-18(20-3)16(2)22/h10-13,18,20H,4-9,14H2,1-3H3,(H,21,23). The Kier molecular flexibility index (Phi) is 9.22. The lowest BCUT2D eigenvalue weighted by Crippen LogP contribution is -2.32. The predicted octanol–water partition coefficient (Wildman–Crippen LogP) is 2.78. The number of aryl methyl sites for hydroxylation is 2. The van der Waals surface area contributed by atoms with Gasteiger partial charge in [0, 0.05) is 13.0 Å². The Morgan fingerprint density at radius 3 is 2.39 bits per heavy atom. The van der Waals surface area contributed by atoms with E-state index in [4.69, 9.17) is 0 Å². The summed E-state index contributed by atoms with van der Waals surface area (Å²) in [4.78, 5) is 23.0. The van der Waals surface area contributed by atoms with E-state index >= 15 is 0 Å². The van der Waals surface area contributed by atoms with Gasteiger partial charge in [-0.1, -0.05) is 29.8 Å². The van der Waals surface area contributed by atoms with Gasteiger partial charge in [0.2, 0.25) is 5.91 Å². The molecule has 0 aliphatic carbocycles. The first-order valence-corrected chi connectivity index (χ1v) is 8.53. The second-order valence-corrected chi connectivity index (χ2v) is 6.14. The van der Waals surface area contributed by atoms with Crippen molar-refractivity contribution in [3.8, 4) is 0 Å². The van der Waals surface area contributed by atoms with Gasteiger partial charge in [-0.25, -0.2) is 0 Å².